The van der Waals surface area contributed by atoms with E-state index in [0.29, 0.717) is 28.3 Å². The number of H-pyrrole nitrogens is 1. The summed E-state index contributed by atoms with van der Waals surface area (Å²) < 4.78 is 1.83. The van der Waals surface area contributed by atoms with Crippen molar-refractivity contribution in [3.05, 3.63) is 52.7 Å². The summed E-state index contributed by atoms with van der Waals surface area (Å²) in [6.45, 7) is 6.90. The second kappa shape index (κ2) is 5.92. The number of carbonyl (C=O) groups excluding carboxylic acids is 2. The first-order chi connectivity index (χ1) is 11.4. The van der Waals surface area contributed by atoms with Crippen LogP contribution in [0.25, 0.3) is 5.65 Å². The Hall–Kier alpha value is -2.96. The van der Waals surface area contributed by atoms with Crippen molar-refractivity contribution in [2.75, 3.05) is 0 Å². The van der Waals surface area contributed by atoms with E-state index in [9.17, 15) is 9.59 Å². The molecule has 0 aliphatic rings. The molecular formula is C17H19N5O2. The van der Waals surface area contributed by atoms with Gasteiger partial charge in [-0.2, -0.15) is 0 Å². The van der Waals surface area contributed by atoms with Crippen molar-refractivity contribution in [2.24, 2.45) is 0 Å². The molecule has 3 aromatic heterocycles. The predicted molar refractivity (Wildman–Crippen MR) is 89.1 cm³/mol. The number of Topliss-reactive ketones (excluding diaryl/α,β-unsaturated/α-hetero) is 1. The molecule has 1 atom stereocenters. The number of amides is 1. The van der Waals surface area contributed by atoms with Crippen molar-refractivity contribution < 1.29 is 9.59 Å². The molecule has 2 N–H and O–H groups in total. The molecule has 0 radical (unpaired) electrons. The van der Waals surface area contributed by atoms with Crippen LogP contribution in [0.2, 0.25) is 0 Å². The number of aromatic amines is 1. The predicted octanol–water partition coefficient (Wildman–Crippen LogP) is 2.37. The van der Waals surface area contributed by atoms with Crippen molar-refractivity contribution in [2.45, 2.75) is 33.7 Å². The lowest BCUT2D eigenvalue weighted by atomic mass is 10.1. The Labute approximate surface area is 139 Å². The minimum absolute atomic E-state index is 0.0585. The molecule has 0 saturated heterocycles. The summed E-state index contributed by atoms with van der Waals surface area (Å²) in [7, 11) is 0. The topological polar surface area (TPSA) is 92.1 Å². The zero-order chi connectivity index (χ0) is 17.4. The van der Waals surface area contributed by atoms with Gasteiger partial charge in [0.2, 0.25) is 0 Å². The summed E-state index contributed by atoms with van der Waals surface area (Å²) in [5.74, 6) is 0.312. The highest BCUT2D eigenvalue weighted by Gasteiger charge is 2.22. The zero-order valence-corrected chi connectivity index (χ0v) is 14.0. The number of fused-ring (bicyclic) bond motifs is 1. The van der Waals surface area contributed by atoms with Gasteiger partial charge in [-0.3, -0.25) is 14.0 Å². The highest BCUT2D eigenvalue weighted by Crippen LogP contribution is 2.19. The number of aryl methyl sites for hydroxylation is 1. The lowest BCUT2D eigenvalue weighted by molar-refractivity contribution is 0.0932. The number of hydrogen-bond donors (Lipinski definition) is 2. The average Bonchev–Trinajstić information content (AvgIpc) is 3.08. The summed E-state index contributed by atoms with van der Waals surface area (Å²) in [4.78, 5) is 27.3. The smallest absolute Gasteiger partial charge is 0.268 e. The molecule has 7 nitrogen and oxygen atoms in total. The fraction of sp³-hybridized carbons (Fsp3) is 0.294. The van der Waals surface area contributed by atoms with Crippen LogP contribution < -0.4 is 5.32 Å². The van der Waals surface area contributed by atoms with E-state index in [1.807, 2.05) is 35.7 Å². The summed E-state index contributed by atoms with van der Waals surface area (Å²) in [6.07, 6.45) is 1.85. The summed E-state index contributed by atoms with van der Waals surface area (Å²) in [5.41, 5.74) is 3.06. The summed E-state index contributed by atoms with van der Waals surface area (Å²) in [6, 6.07) is 5.28. The Kier molecular flexibility index (Phi) is 3.92. The van der Waals surface area contributed by atoms with Gasteiger partial charge in [0, 0.05) is 17.5 Å². The van der Waals surface area contributed by atoms with Crippen LogP contribution in [0.15, 0.2) is 24.4 Å². The van der Waals surface area contributed by atoms with Gasteiger partial charge in [-0.1, -0.05) is 6.07 Å². The number of carbonyl (C=O) groups is 2. The zero-order valence-electron chi connectivity index (χ0n) is 14.0. The van der Waals surface area contributed by atoms with E-state index in [1.54, 1.807) is 13.8 Å². The van der Waals surface area contributed by atoms with E-state index >= 15 is 0 Å². The quantitative estimate of drug-likeness (QED) is 0.720. The molecule has 0 spiro atoms. The maximum absolute atomic E-state index is 12.6. The van der Waals surface area contributed by atoms with Crippen LogP contribution in [0.1, 0.15) is 57.8 Å². The van der Waals surface area contributed by atoms with Gasteiger partial charge in [0.15, 0.2) is 17.3 Å². The monoisotopic (exact) mass is 325 g/mol. The molecule has 0 saturated carbocycles. The van der Waals surface area contributed by atoms with E-state index < -0.39 is 0 Å². The van der Waals surface area contributed by atoms with Crippen LogP contribution >= 0.6 is 0 Å². The molecule has 3 rings (SSSR count). The number of aromatic nitrogens is 4. The van der Waals surface area contributed by atoms with Crippen LogP contribution in [0.5, 0.6) is 0 Å². The highest BCUT2D eigenvalue weighted by atomic mass is 16.2. The molecule has 124 valence electrons. The van der Waals surface area contributed by atoms with Gasteiger partial charge in [-0.25, -0.2) is 0 Å². The molecular weight excluding hydrogens is 306 g/mol. The fourth-order valence-corrected chi connectivity index (χ4v) is 2.99. The van der Waals surface area contributed by atoms with Gasteiger partial charge in [0.1, 0.15) is 5.69 Å². The third kappa shape index (κ3) is 2.58. The van der Waals surface area contributed by atoms with Gasteiger partial charge < -0.3 is 10.3 Å². The lowest BCUT2D eigenvalue weighted by Crippen LogP contribution is -2.28. The lowest BCUT2D eigenvalue weighted by Gasteiger charge is -2.12. The number of hydrogen-bond acceptors (Lipinski definition) is 4. The molecule has 0 aromatic carbocycles. The van der Waals surface area contributed by atoms with E-state index in [2.05, 4.69) is 20.5 Å². The number of pyridine rings is 1. The molecule has 1 unspecified atom stereocenters. The third-order valence-corrected chi connectivity index (χ3v) is 4.09. The normalized spacial score (nSPS) is 12.3. The number of nitrogens with zero attached hydrogens (tertiary/aromatic N) is 3. The largest absolute Gasteiger partial charge is 0.354 e. The summed E-state index contributed by atoms with van der Waals surface area (Å²) in [5, 5.41) is 11.1. The molecule has 3 heterocycles. The fourth-order valence-electron chi connectivity index (χ4n) is 2.99. The average molecular weight is 325 g/mol. The molecule has 1 amide bonds. The molecule has 0 fully saturated rings. The van der Waals surface area contributed by atoms with Crippen LogP contribution in [-0.4, -0.2) is 31.3 Å². The molecule has 0 bridgehead atoms. The minimum Gasteiger partial charge on any atom is -0.354 e. The Morgan fingerprint density at radius 3 is 2.67 bits per heavy atom. The molecule has 0 aliphatic heterocycles. The Bertz CT molecular complexity index is 938. The molecule has 7 heteroatoms. The van der Waals surface area contributed by atoms with Crippen molar-refractivity contribution in [3.63, 3.8) is 0 Å². The van der Waals surface area contributed by atoms with E-state index in [4.69, 9.17) is 0 Å². The minimum atomic E-state index is -0.335. The Morgan fingerprint density at radius 1 is 1.25 bits per heavy atom. The molecule has 3 aromatic rings. The van der Waals surface area contributed by atoms with E-state index in [-0.39, 0.29) is 17.7 Å². The van der Waals surface area contributed by atoms with Crippen LogP contribution in [0.3, 0.4) is 0 Å². The first-order valence-electron chi connectivity index (χ1n) is 7.70. The molecule has 24 heavy (non-hydrogen) atoms. The van der Waals surface area contributed by atoms with Crippen molar-refractivity contribution in [1.82, 2.24) is 24.9 Å². The first-order valence-corrected chi connectivity index (χ1v) is 7.70. The second-order valence-electron chi connectivity index (χ2n) is 5.86. The summed E-state index contributed by atoms with van der Waals surface area (Å²) >= 11 is 0. The van der Waals surface area contributed by atoms with Crippen molar-refractivity contribution in [3.8, 4) is 0 Å². The Morgan fingerprint density at radius 2 is 2.00 bits per heavy atom. The second-order valence-corrected chi connectivity index (χ2v) is 5.86. The number of rotatable bonds is 4. The standard InChI is InChI=1S/C17H19N5O2/c1-9-14(12(4)23)10(2)18-15(9)17(24)19-11(3)16-21-20-13-7-5-6-8-22(13)16/h5-8,11,18H,1-4H3,(H,19,24). The SMILES string of the molecule is CC(=O)c1c(C)[nH]c(C(=O)NC(C)c2nnc3ccccn23)c1C. The van der Waals surface area contributed by atoms with Crippen molar-refractivity contribution >= 4 is 17.3 Å². The maximum atomic E-state index is 12.6. The molecule has 0 aliphatic carbocycles. The number of nitrogens with one attached hydrogen (secondary N) is 2. The van der Waals surface area contributed by atoms with E-state index in [1.165, 1.54) is 6.92 Å². The van der Waals surface area contributed by atoms with Gasteiger partial charge in [0.25, 0.3) is 5.91 Å². The highest BCUT2D eigenvalue weighted by molar-refractivity contribution is 6.02. The number of ketones is 1. The Balaban J connectivity index is 1.87. The van der Waals surface area contributed by atoms with Gasteiger partial charge >= 0.3 is 0 Å². The first kappa shape index (κ1) is 15.9. The van der Waals surface area contributed by atoms with E-state index in [0.717, 1.165) is 5.65 Å². The van der Waals surface area contributed by atoms with Crippen molar-refractivity contribution in [1.29, 1.82) is 0 Å². The van der Waals surface area contributed by atoms with Gasteiger partial charge in [-0.05, 0) is 45.4 Å². The third-order valence-electron chi connectivity index (χ3n) is 4.09. The van der Waals surface area contributed by atoms with Crippen LogP contribution in [0.4, 0.5) is 0 Å². The maximum Gasteiger partial charge on any atom is 0.268 e. The van der Waals surface area contributed by atoms with Gasteiger partial charge in [-0.15, -0.1) is 10.2 Å². The van der Waals surface area contributed by atoms with Gasteiger partial charge in [0.05, 0.1) is 6.04 Å². The van der Waals surface area contributed by atoms with Crippen LogP contribution in [0, 0.1) is 13.8 Å². The van der Waals surface area contributed by atoms with Crippen LogP contribution in [-0.2, 0) is 0 Å².